The maximum Gasteiger partial charge on any atom is 0.230 e. The van der Waals surface area contributed by atoms with E-state index in [2.05, 4.69) is 20.3 Å². The quantitative estimate of drug-likeness (QED) is 0.526. The number of rotatable bonds is 6. The first-order valence-electron chi connectivity index (χ1n) is 8.05. The van der Waals surface area contributed by atoms with Crippen LogP contribution in [-0.2, 0) is 5.75 Å². The van der Waals surface area contributed by atoms with E-state index in [4.69, 9.17) is 4.74 Å². The molecule has 0 aliphatic carbocycles. The molecular weight excluding hydrogens is 393 g/mol. The number of nitrogens with one attached hydrogen (secondary N) is 1. The monoisotopic (exact) mass is 410 g/mol. The van der Waals surface area contributed by atoms with Crippen LogP contribution in [0.3, 0.4) is 0 Å². The molecule has 0 aliphatic heterocycles. The Morgan fingerprint density at radius 2 is 1.93 bits per heavy atom. The highest BCUT2D eigenvalue weighted by molar-refractivity contribution is 8.10. The number of benzene rings is 2. The summed E-state index contributed by atoms with van der Waals surface area (Å²) in [4.78, 5) is 12.2. The predicted molar refractivity (Wildman–Crippen MR) is 103 cm³/mol. The van der Waals surface area contributed by atoms with Gasteiger partial charge in [0, 0.05) is 29.1 Å². The summed E-state index contributed by atoms with van der Waals surface area (Å²) in [6, 6.07) is 6.26. The van der Waals surface area contributed by atoms with Gasteiger partial charge in [0.05, 0.1) is 12.7 Å². The molecule has 1 heterocycles. The number of nitrogens with zero attached hydrogens (tertiary/aromatic N) is 3. The van der Waals surface area contributed by atoms with Gasteiger partial charge in [-0.25, -0.2) is 23.1 Å². The van der Waals surface area contributed by atoms with E-state index in [-0.39, 0.29) is 34.5 Å². The van der Waals surface area contributed by atoms with Gasteiger partial charge < -0.3 is 14.6 Å². The van der Waals surface area contributed by atoms with Gasteiger partial charge >= 0.3 is 0 Å². The molecule has 6 nitrogen and oxygen atoms in total. The molecule has 10 heteroatoms. The molecule has 0 amide bonds. The van der Waals surface area contributed by atoms with Crippen molar-refractivity contribution in [3.8, 4) is 17.1 Å². The van der Waals surface area contributed by atoms with Gasteiger partial charge in [0.2, 0.25) is 5.95 Å². The van der Waals surface area contributed by atoms with Gasteiger partial charge in [-0.3, -0.25) is 0 Å². The molecular formula is C18H17F3N4O2S. The lowest BCUT2D eigenvalue weighted by Gasteiger charge is -2.13. The van der Waals surface area contributed by atoms with Gasteiger partial charge in [0.15, 0.2) is 17.5 Å². The minimum absolute atomic E-state index is 0.0167. The highest BCUT2D eigenvalue weighted by Crippen LogP contribution is 2.30. The molecule has 0 aliphatic rings. The summed E-state index contributed by atoms with van der Waals surface area (Å²) in [6.07, 6.45) is 2.77. The fourth-order valence-electron chi connectivity index (χ4n) is 2.54. The van der Waals surface area contributed by atoms with E-state index in [1.807, 2.05) is 0 Å². The molecule has 1 unspecified atom stereocenters. The number of methoxy groups -OCH3 is 1. The van der Waals surface area contributed by atoms with Crippen LogP contribution in [0.2, 0.25) is 0 Å². The zero-order valence-corrected chi connectivity index (χ0v) is 15.8. The fourth-order valence-corrected chi connectivity index (χ4v) is 3.27. The van der Waals surface area contributed by atoms with Gasteiger partial charge in [0.25, 0.3) is 0 Å². The van der Waals surface area contributed by atoms with Crippen LogP contribution in [-0.4, -0.2) is 32.9 Å². The molecule has 3 rings (SSSR count). The van der Waals surface area contributed by atoms with Crippen molar-refractivity contribution in [2.45, 2.75) is 5.75 Å². The minimum atomic E-state index is -1.44. The second-order valence-electron chi connectivity index (χ2n) is 5.85. The Labute approximate surface area is 162 Å². The first-order chi connectivity index (χ1) is 13.4. The van der Waals surface area contributed by atoms with Crippen LogP contribution in [0.4, 0.5) is 24.8 Å². The van der Waals surface area contributed by atoms with Gasteiger partial charge in [0.1, 0.15) is 17.9 Å². The number of hydrogen-bond donors (Lipinski definition) is 3. The van der Waals surface area contributed by atoms with Crippen LogP contribution in [0, 0.1) is 17.5 Å². The Kier molecular flexibility index (Phi) is 6.00. The molecule has 0 radical (unpaired) electrons. The number of hydrogen-bond acceptors (Lipinski definition) is 6. The molecule has 28 heavy (non-hydrogen) atoms. The molecule has 0 bridgehead atoms. The summed E-state index contributed by atoms with van der Waals surface area (Å²) >= 11 is -1.44. The summed E-state index contributed by atoms with van der Waals surface area (Å²) in [5.41, 5.74) is 0.708. The van der Waals surface area contributed by atoms with Crippen molar-refractivity contribution in [3.05, 3.63) is 59.7 Å². The van der Waals surface area contributed by atoms with E-state index >= 15 is 0 Å². The van der Waals surface area contributed by atoms with E-state index in [1.54, 1.807) is 6.26 Å². The molecule has 1 atom stereocenters. The minimum Gasteiger partial charge on any atom is -0.496 e. The molecule has 148 valence electrons. The number of halogens is 3. The molecule has 3 aromatic rings. The van der Waals surface area contributed by atoms with E-state index in [0.29, 0.717) is 5.56 Å². The van der Waals surface area contributed by atoms with Crippen LogP contribution >= 0.6 is 11.2 Å². The Hall–Kier alpha value is -2.85. The summed E-state index contributed by atoms with van der Waals surface area (Å²) < 4.78 is 55.8. The van der Waals surface area contributed by atoms with Crippen molar-refractivity contribution in [3.63, 3.8) is 0 Å². The van der Waals surface area contributed by atoms with E-state index in [9.17, 15) is 17.7 Å². The van der Waals surface area contributed by atoms with Crippen molar-refractivity contribution in [1.29, 1.82) is 0 Å². The molecule has 2 aromatic carbocycles. The second-order valence-corrected chi connectivity index (χ2v) is 7.48. The third-order valence-electron chi connectivity index (χ3n) is 3.74. The molecule has 2 N–H and O–H groups in total. The maximum absolute atomic E-state index is 13.9. The predicted octanol–water partition coefficient (Wildman–Crippen LogP) is 4.31. The average Bonchev–Trinajstić information content (AvgIpc) is 2.65. The van der Waals surface area contributed by atoms with Crippen LogP contribution in [0.15, 0.2) is 36.7 Å². The van der Waals surface area contributed by atoms with Crippen molar-refractivity contribution < 1.29 is 22.5 Å². The molecule has 0 spiro atoms. The zero-order valence-electron chi connectivity index (χ0n) is 14.9. The molecule has 0 saturated heterocycles. The Morgan fingerprint density at radius 3 is 2.64 bits per heavy atom. The van der Waals surface area contributed by atoms with Crippen LogP contribution in [0.5, 0.6) is 5.75 Å². The number of anilines is 2. The summed E-state index contributed by atoms with van der Waals surface area (Å²) in [6.45, 7) is 0. The summed E-state index contributed by atoms with van der Waals surface area (Å²) in [7, 11) is 1.39. The van der Waals surface area contributed by atoms with Crippen molar-refractivity contribution in [1.82, 2.24) is 15.0 Å². The number of thiol groups is 1. The van der Waals surface area contributed by atoms with Crippen molar-refractivity contribution in [2.24, 2.45) is 0 Å². The van der Waals surface area contributed by atoms with Gasteiger partial charge in [-0.15, -0.1) is 11.2 Å². The van der Waals surface area contributed by atoms with E-state index < -0.39 is 28.6 Å². The Morgan fingerprint density at radius 1 is 1.14 bits per heavy atom. The smallest absolute Gasteiger partial charge is 0.230 e. The summed E-state index contributed by atoms with van der Waals surface area (Å²) in [5, 5.41) is 2.79. The molecule has 0 saturated carbocycles. The normalized spacial score (nSPS) is 12.6. The third-order valence-corrected chi connectivity index (χ3v) is 4.53. The third kappa shape index (κ3) is 4.52. The molecule has 0 fully saturated rings. The number of ether oxygens (including phenoxy) is 1. The lowest BCUT2D eigenvalue weighted by molar-refractivity contribution is 0.412. The highest BCUT2D eigenvalue weighted by atomic mass is 32.2. The lowest BCUT2D eigenvalue weighted by Crippen LogP contribution is -2.03. The molecule has 1 aromatic heterocycles. The maximum atomic E-state index is 13.9. The fraction of sp³-hybridized carbons (Fsp3) is 0.167. The standard InChI is InChI=1S/C18H17F3N4O2S/c1-27-15-6-11(19)3-4-13(15)17-22-9-23-18(25-17)24-12-5-10(8-28(2)26)16(21)14(20)7-12/h3-7,9,26,28H,8H2,1-2H3,(H,22,23,24,25). The van der Waals surface area contributed by atoms with Gasteiger partial charge in [-0.05, 0) is 24.5 Å². The van der Waals surface area contributed by atoms with Crippen LogP contribution in [0.25, 0.3) is 11.4 Å². The van der Waals surface area contributed by atoms with E-state index in [0.717, 1.165) is 6.07 Å². The lowest BCUT2D eigenvalue weighted by atomic mass is 10.2. The van der Waals surface area contributed by atoms with E-state index in [1.165, 1.54) is 37.7 Å². The Bertz CT molecular complexity index is 1000. The summed E-state index contributed by atoms with van der Waals surface area (Å²) in [5.74, 6) is -1.97. The highest BCUT2D eigenvalue weighted by Gasteiger charge is 2.14. The Balaban J connectivity index is 1.93. The first kappa shape index (κ1) is 19.9. The average molecular weight is 410 g/mol. The van der Waals surface area contributed by atoms with Gasteiger partial charge in [-0.2, -0.15) is 4.98 Å². The van der Waals surface area contributed by atoms with Crippen molar-refractivity contribution >= 4 is 22.8 Å². The SMILES string of the molecule is COc1cc(F)ccc1-c1ncnc(Nc2cc(F)c(F)c(C[SH](C)O)c2)n1. The van der Waals surface area contributed by atoms with Crippen molar-refractivity contribution in [2.75, 3.05) is 18.7 Å². The largest absolute Gasteiger partial charge is 0.496 e. The zero-order chi connectivity index (χ0) is 20.3. The second kappa shape index (κ2) is 8.44. The van der Waals surface area contributed by atoms with Crippen LogP contribution in [0.1, 0.15) is 5.56 Å². The first-order valence-corrected chi connectivity index (χ1v) is 9.98. The van der Waals surface area contributed by atoms with Gasteiger partial charge in [-0.1, -0.05) is 0 Å². The number of aromatic nitrogens is 3. The van der Waals surface area contributed by atoms with Crippen LogP contribution < -0.4 is 10.1 Å². The topological polar surface area (TPSA) is 80.2 Å².